The van der Waals surface area contributed by atoms with Crippen molar-refractivity contribution in [3.63, 3.8) is 0 Å². The quantitative estimate of drug-likeness (QED) is 0.797. The van der Waals surface area contributed by atoms with Gasteiger partial charge in [-0.25, -0.2) is 9.78 Å². The molecule has 1 aliphatic rings. The number of aliphatic carboxylic acids is 1. The minimum Gasteiger partial charge on any atom is -0.480 e. The van der Waals surface area contributed by atoms with Crippen LogP contribution in [0.15, 0.2) is 12.4 Å². The van der Waals surface area contributed by atoms with E-state index in [9.17, 15) is 9.59 Å². The van der Waals surface area contributed by atoms with E-state index in [1.807, 2.05) is 22.7 Å². The van der Waals surface area contributed by atoms with Gasteiger partial charge in [0.1, 0.15) is 11.9 Å². The Bertz CT molecular complexity index is 508. The normalized spacial score (nSPS) is 17.5. The Labute approximate surface area is 123 Å². The van der Waals surface area contributed by atoms with Crippen molar-refractivity contribution in [1.82, 2.24) is 24.7 Å². The van der Waals surface area contributed by atoms with E-state index in [1.54, 1.807) is 18.0 Å². The lowest BCUT2D eigenvalue weighted by molar-refractivity contribution is -0.143. The molecule has 0 aromatic carbocycles. The Morgan fingerprint density at radius 2 is 2.05 bits per heavy atom. The summed E-state index contributed by atoms with van der Waals surface area (Å²) in [6, 6.07) is -0.650. The minimum absolute atomic E-state index is 0.138. The molecule has 1 unspecified atom stereocenters. The number of nitrogens with zero attached hydrogens (tertiary/aromatic N) is 4. The van der Waals surface area contributed by atoms with E-state index in [-0.39, 0.29) is 6.03 Å². The number of amides is 2. The van der Waals surface area contributed by atoms with Gasteiger partial charge < -0.3 is 19.9 Å². The summed E-state index contributed by atoms with van der Waals surface area (Å²) in [5.74, 6) is -0.0378. The highest BCUT2D eigenvalue weighted by Gasteiger charge is 2.27. The molecule has 2 heterocycles. The first-order chi connectivity index (χ1) is 9.99. The van der Waals surface area contributed by atoms with Gasteiger partial charge in [0, 0.05) is 45.6 Å². The second-order valence-electron chi connectivity index (χ2n) is 5.15. The number of aromatic nitrogens is 2. The Morgan fingerprint density at radius 3 is 2.57 bits per heavy atom. The molecule has 116 valence electrons. The van der Waals surface area contributed by atoms with Crippen LogP contribution in [0.3, 0.4) is 0 Å². The van der Waals surface area contributed by atoms with Gasteiger partial charge in [-0.1, -0.05) is 0 Å². The summed E-state index contributed by atoms with van der Waals surface area (Å²) >= 11 is 0. The summed E-state index contributed by atoms with van der Waals surface area (Å²) < 4.78 is 1.85. The number of carbonyl (C=O) groups is 2. The average molecular weight is 295 g/mol. The number of aryl methyl sites for hydroxylation is 1. The molecule has 1 aromatic heterocycles. The molecule has 0 aliphatic carbocycles. The van der Waals surface area contributed by atoms with Crippen molar-refractivity contribution in [3.05, 3.63) is 18.2 Å². The molecule has 8 heteroatoms. The largest absolute Gasteiger partial charge is 0.480 e. The first-order valence-corrected chi connectivity index (χ1v) is 6.95. The molecule has 1 aliphatic heterocycles. The molecule has 8 nitrogen and oxygen atoms in total. The zero-order valence-electron chi connectivity index (χ0n) is 12.3. The summed E-state index contributed by atoms with van der Waals surface area (Å²) in [7, 11) is 1.88. The molecule has 2 amide bonds. The van der Waals surface area contributed by atoms with Crippen LogP contribution in [-0.4, -0.2) is 68.7 Å². The number of hydrogen-bond acceptors (Lipinski definition) is 4. The molecule has 2 N–H and O–H groups in total. The zero-order valence-corrected chi connectivity index (χ0v) is 12.3. The maximum Gasteiger partial charge on any atom is 0.320 e. The number of carboxylic acid groups (broad SMARTS) is 1. The highest BCUT2D eigenvalue weighted by Crippen LogP contribution is 2.07. The fourth-order valence-electron chi connectivity index (χ4n) is 2.30. The third-order valence-electron chi connectivity index (χ3n) is 3.83. The van der Waals surface area contributed by atoms with Crippen molar-refractivity contribution in [2.45, 2.75) is 19.5 Å². The van der Waals surface area contributed by atoms with Crippen LogP contribution in [0.4, 0.5) is 4.79 Å². The molecule has 0 radical (unpaired) electrons. The Hall–Kier alpha value is -2.09. The van der Waals surface area contributed by atoms with Crippen LogP contribution in [0.2, 0.25) is 0 Å². The van der Waals surface area contributed by atoms with Gasteiger partial charge in [0.15, 0.2) is 0 Å². The van der Waals surface area contributed by atoms with E-state index in [0.29, 0.717) is 32.7 Å². The molecule has 0 saturated carbocycles. The maximum atomic E-state index is 12.1. The van der Waals surface area contributed by atoms with E-state index in [4.69, 9.17) is 5.11 Å². The molecule has 1 atom stereocenters. The van der Waals surface area contributed by atoms with Gasteiger partial charge in [-0.15, -0.1) is 0 Å². The molecular formula is C13H21N5O3. The van der Waals surface area contributed by atoms with E-state index < -0.39 is 12.0 Å². The number of urea groups is 1. The third kappa shape index (κ3) is 3.72. The molecule has 1 fully saturated rings. The predicted molar refractivity (Wildman–Crippen MR) is 75.7 cm³/mol. The van der Waals surface area contributed by atoms with Crippen LogP contribution in [-0.2, 0) is 18.4 Å². The number of nitrogens with one attached hydrogen (secondary N) is 1. The fourth-order valence-corrected chi connectivity index (χ4v) is 2.30. The Morgan fingerprint density at radius 1 is 1.38 bits per heavy atom. The summed E-state index contributed by atoms with van der Waals surface area (Å²) in [6.07, 6.45) is 3.51. The van der Waals surface area contributed by atoms with E-state index in [0.717, 1.165) is 5.82 Å². The van der Waals surface area contributed by atoms with Crippen LogP contribution >= 0.6 is 0 Å². The van der Waals surface area contributed by atoms with Gasteiger partial charge >= 0.3 is 12.0 Å². The highest BCUT2D eigenvalue weighted by atomic mass is 16.4. The number of imidazole rings is 1. The van der Waals surface area contributed by atoms with Gasteiger partial charge in [-0.2, -0.15) is 0 Å². The van der Waals surface area contributed by atoms with E-state index in [1.165, 1.54) is 0 Å². The van der Waals surface area contributed by atoms with Gasteiger partial charge in [-0.05, 0) is 6.92 Å². The van der Waals surface area contributed by atoms with Crippen molar-refractivity contribution in [3.8, 4) is 0 Å². The van der Waals surface area contributed by atoms with Crippen molar-refractivity contribution in [1.29, 1.82) is 0 Å². The molecular weight excluding hydrogens is 274 g/mol. The van der Waals surface area contributed by atoms with Crippen molar-refractivity contribution >= 4 is 12.0 Å². The number of hydrogen-bond donors (Lipinski definition) is 2. The standard InChI is InChI=1S/C13H21N5O3/c1-10(12(19)20)17-5-7-18(8-6-17)13(21)15-9-11-14-3-4-16(11)2/h3-4,10H,5-9H2,1-2H3,(H,15,21)(H,19,20). The lowest BCUT2D eigenvalue weighted by Gasteiger charge is -2.36. The minimum atomic E-state index is -0.831. The van der Waals surface area contributed by atoms with E-state index >= 15 is 0 Å². The molecule has 1 aromatic rings. The van der Waals surface area contributed by atoms with Crippen molar-refractivity contribution < 1.29 is 14.7 Å². The monoisotopic (exact) mass is 295 g/mol. The number of carbonyl (C=O) groups excluding carboxylic acids is 1. The van der Waals surface area contributed by atoms with Gasteiger partial charge in [0.25, 0.3) is 0 Å². The van der Waals surface area contributed by atoms with Crippen LogP contribution in [0, 0.1) is 0 Å². The molecule has 2 rings (SSSR count). The third-order valence-corrected chi connectivity index (χ3v) is 3.83. The molecule has 0 bridgehead atoms. The predicted octanol–water partition coefficient (Wildman–Crippen LogP) is -0.280. The van der Waals surface area contributed by atoms with Gasteiger partial charge in [-0.3, -0.25) is 9.69 Å². The van der Waals surface area contributed by atoms with Gasteiger partial charge in [0.05, 0.1) is 6.54 Å². The smallest absolute Gasteiger partial charge is 0.320 e. The summed E-state index contributed by atoms with van der Waals surface area (Å²) in [5.41, 5.74) is 0. The maximum absolute atomic E-state index is 12.1. The molecule has 0 spiro atoms. The first-order valence-electron chi connectivity index (χ1n) is 6.95. The second kappa shape index (κ2) is 6.57. The Kier molecular flexibility index (Phi) is 4.79. The first kappa shape index (κ1) is 15.3. The SMILES string of the molecule is CC(C(=O)O)N1CCN(C(=O)NCc2nccn2C)CC1. The van der Waals surface area contributed by atoms with Crippen molar-refractivity contribution in [2.24, 2.45) is 7.05 Å². The zero-order chi connectivity index (χ0) is 15.4. The summed E-state index contributed by atoms with van der Waals surface area (Å²) in [4.78, 5) is 30.7. The van der Waals surface area contributed by atoms with Gasteiger partial charge in [0.2, 0.25) is 0 Å². The van der Waals surface area contributed by atoms with Crippen LogP contribution in [0.25, 0.3) is 0 Å². The highest BCUT2D eigenvalue weighted by molar-refractivity contribution is 5.74. The lowest BCUT2D eigenvalue weighted by Crippen LogP contribution is -2.55. The summed E-state index contributed by atoms with van der Waals surface area (Å²) in [6.45, 7) is 4.26. The van der Waals surface area contributed by atoms with Crippen molar-refractivity contribution in [2.75, 3.05) is 26.2 Å². The van der Waals surface area contributed by atoms with Crippen LogP contribution in [0.5, 0.6) is 0 Å². The number of rotatable bonds is 4. The fraction of sp³-hybridized carbons (Fsp3) is 0.615. The number of piperazine rings is 1. The molecule has 1 saturated heterocycles. The molecule has 21 heavy (non-hydrogen) atoms. The van der Waals surface area contributed by atoms with Crippen LogP contribution < -0.4 is 5.32 Å². The lowest BCUT2D eigenvalue weighted by atomic mass is 10.2. The average Bonchev–Trinajstić information content (AvgIpc) is 2.89. The Balaban J connectivity index is 1.78. The summed E-state index contributed by atoms with van der Waals surface area (Å²) in [5, 5.41) is 11.8. The van der Waals surface area contributed by atoms with Crippen LogP contribution in [0.1, 0.15) is 12.7 Å². The second-order valence-corrected chi connectivity index (χ2v) is 5.15. The van der Waals surface area contributed by atoms with E-state index in [2.05, 4.69) is 10.3 Å². The topological polar surface area (TPSA) is 90.7 Å². The number of carboxylic acids is 1.